The van der Waals surface area contributed by atoms with Crippen molar-refractivity contribution in [2.75, 3.05) is 10.6 Å². The van der Waals surface area contributed by atoms with Gasteiger partial charge in [0.1, 0.15) is 6.04 Å². The van der Waals surface area contributed by atoms with Gasteiger partial charge in [-0.2, -0.15) is 0 Å². The van der Waals surface area contributed by atoms with Crippen molar-refractivity contribution < 1.29 is 9.59 Å². The van der Waals surface area contributed by atoms with Gasteiger partial charge in [-0.1, -0.05) is 40.9 Å². The summed E-state index contributed by atoms with van der Waals surface area (Å²) in [6, 6.07) is 11.1. The largest absolute Gasteiger partial charge is 0.374 e. The molecule has 0 bridgehead atoms. The number of aryl methyl sites for hydroxylation is 1. The Morgan fingerprint density at radius 1 is 0.920 bits per heavy atom. The van der Waals surface area contributed by atoms with Gasteiger partial charge in [0.05, 0.1) is 10.0 Å². The molecule has 6 nitrogen and oxygen atoms in total. The summed E-state index contributed by atoms with van der Waals surface area (Å²) in [6.07, 6.45) is 0. The summed E-state index contributed by atoms with van der Waals surface area (Å²) in [6.45, 7) is 3.60. The van der Waals surface area contributed by atoms with Gasteiger partial charge in [-0.15, -0.1) is 0 Å². The van der Waals surface area contributed by atoms with Crippen LogP contribution in [0.4, 0.5) is 16.2 Å². The maximum absolute atomic E-state index is 12.0. The molecule has 0 radical (unpaired) electrons. The molecule has 0 unspecified atom stereocenters. The van der Waals surface area contributed by atoms with Crippen molar-refractivity contribution in [3.8, 4) is 0 Å². The summed E-state index contributed by atoms with van der Waals surface area (Å²) < 4.78 is 0. The lowest BCUT2D eigenvalue weighted by Gasteiger charge is -2.16. The first kappa shape index (κ1) is 18.9. The first-order valence-electron chi connectivity index (χ1n) is 7.50. The fourth-order valence-electron chi connectivity index (χ4n) is 1.93. The Balaban J connectivity index is 1.81. The van der Waals surface area contributed by atoms with Gasteiger partial charge in [0.2, 0.25) is 0 Å². The summed E-state index contributed by atoms with van der Waals surface area (Å²) in [7, 11) is 0. The van der Waals surface area contributed by atoms with Crippen LogP contribution in [0.2, 0.25) is 10.0 Å². The number of urea groups is 1. The molecule has 2 aromatic rings. The first-order valence-corrected chi connectivity index (χ1v) is 8.26. The summed E-state index contributed by atoms with van der Waals surface area (Å²) >= 11 is 11.8. The maximum Gasteiger partial charge on any atom is 0.337 e. The number of benzene rings is 2. The van der Waals surface area contributed by atoms with Crippen molar-refractivity contribution >= 4 is 46.5 Å². The van der Waals surface area contributed by atoms with Crippen LogP contribution in [0, 0.1) is 6.92 Å². The fraction of sp³-hybridized carbons (Fsp3) is 0.176. The molecule has 25 heavy (non-hydrogen) atoms. The van der Waals surface area contributed by atoms with Crippen LogP contribution in [0.5, 0.6) is 0 Å². The van der Waals surface area contributed by atoms with E-state index < -0.39 is 18.0 Å². The van der Waals surface area contributed by atoms with Crippen molar-refractivity contribution in [2.45, 2.75) is 19.9 Å². The fourth-order valence-corrected chi connectivity index (χ4v) is 2.23. The average Bonchev–Trinajstić information content (AvgIpc) is 2.58. The van der Waals surface area contributed by atoms with E-state index in [-0.39, 0.29) is 0 Å². The van der Waals surface area contributed by atoms with Gasteiger partial charge in [-0.05, 0) is 44.2 Å². The molecule has 8 heteroatoms. The Labute approximate surface area is 155 Å². The number of hydrogen-bond donors (Lipinski definition) is 4. The Hall–Kier alpha value is -2.44. The molecule has 132 valence electrons. The predicted molar refractivity (Wildman–Crippen MR) is 101 cm³/mol. The lowest BCUT2D eigenvalue weighted by molar-refractivity contribution is -0.122. The van der Waals surface area contributed by atoms with Crippen molar-refractivity contribution in [3.63, 3.8) is 0 Å². The summed E-state index contributed by atoms with van der Waals surface area (Å²) in [5, 5.41) is 6.39. The van der Waals surface area contributed by atoms with E-state index in [0.29, 0.717) is 21.4 Å². The number of rotatable bonds is 4. The van der Waals surface area contributed by atoms with E-state index in [1.807, 2.05) is 19.1 Å². The monoisotopic (exact) mass is 380 g/mol. The van der Waals surface area contributed by atoms with Gasteiger partial charge in [0.15, 0.2) is 0 Å². The smallest absolute Gasteiger partial charge is 0.337 e. The highest BCUT2D eigenvalue weighted by Gasteiger charge is 2.14. The Kier molecular flexibility index (Phi) is 6.50. The Morgan fingerprint density at radius 2 is 1.56 bits per heavy atom. The second-order valence-electron chi connectivity index (χ2n) is 5.43. The predicted octanol–water partition coefficient (Wildman–Crippen LogP) is 3.96. The topological polar surface area (TPSA) is 82.3 Å². The number of halogens is 2. The molecule has 3 amide bonds. The second-order valence-corrected chi connectivity index (χ2v) is 6.24. The molecule has 0 saturated heterocycles. The van der Waals surface area contributed by atoms with Crippen LogP contribution in [-0.2, 0) is 4.79 Å². The number of anilines is 2. The van der Waals surface area contributed by atoms with Crippen LogP contribution < -0.4 is 21.5 Å². The van der Waals surface area contributed by atoms with E-state index in [1.54, 1.807) is 37.3 Å². The number of hydrazine groups is 1. The molecular weight excluding hydrogens is 363 g/mol. The molecule has 0 aliphatic rings. The summed E-state index contributed by atoms with van der Waals surface area (Å²) in [5.74, 6) is -0.412. The zero-order chi connectivity index (χ0) is 18.4. The van der Waals surface area contributed by atoms with Crippen LogP contribution >= 0.6 is 23.2 Å². The average molecular weight is 381 g/mol. The van der Waals surface area contributed by atoms with E-state index in [1.165, 1.54) is 0 Å². The molecule has 2 aromatic carbocycles. The normalized spacial score (nSPS) is 11.4. The third-order valence-corrected chi connectivity index (χ3v) is 4.04. The highest BCUT2D eigenvalue weighted by atomic mass is 35.5. The number of amides is 3. The minimum absolute atomic E-state index is 0.384. The van der Waals surface area contributed by atoms with Crippen molar-refractivity contribution in [1.29, 1.82) is 0 Å². The molecule has 0 spiro atoms. The zero-order valence-corrected chi connectivity index (χ0v) is 15.2. The summed E-state index contributed by atoms with van der Waals surface area (Å²) in [5.41, 5.74) is 6.98. The zero-order valence-electron chi connectivity index (χ0n) is 13.7. The molecule has 0 aromatic heterocycles. The number of carbonyl (C=O) groups is 2. The molecule has 2 rings (SSSR count). The Bertz CT molecular complexity index is 766. The van der Waals surface area contributed by atoms with Crippen molar-refractivity contribution in [2.24, 2.45) is 0 Å². The van der Waals surface area contributed by atoms with E-state index in [9.17, 15) is 9.59 Å². The van der Waals surface area contributed by atoms with E-state index in [4.69, 9.17) is 23.2 Å². The molecule has 0 fully saturated rings. The number of nitrogens with one attached hydrogen (secondary N) is 4. The quantitative estimate of drug-likeness (QED) is 0.606. The van der Waals surface area contributed by atoms with Crippen LogP contribution in [0.3, 0.4) is 0 Å². The molecule has 0 aliphatic heterocycles. The van der Waals surface area contributed by atoms with E-state index in [0.717, 1.165) is 5.56 Å². The van der Waals surface area contributed by atoms with Gasteiger partial charge in [-0.3, -0.25) is 10.2 Å². The third kappa shape index (κ3) is 5.85. The SMILES string of the molecule is Cc1ccc(NC(=O)NNC(=O)[C@@H](C)Nc2ccc(Cl)c(Cl)c2)cc1. The van der Waals surface area contributed by atoms with Crippen molar-refractivity contribution in [1.82, 2.24) is 10.9 Å². The number of hydrogen-bond acceptors (Lipinski definition) is 3. The maximum atomic E-state index is 12.0. The molecular formula is C17H18Cl2N4O2. The van der Waals surface area contributed by atoms with Gasteiger partial charge < -0.3 is 10.6 Å². The molecule has 1 atom stereocenters. The van der Waals surface area contributed by atoms with Gasteiger partial charge in [-0.25, -0.2) is 10.2 Å². The minimum Gasteiger partial charge on any atom is -0.374 e. The molecule has 0 saturated carbocycles. The lowest BCUT2D eigenvalue weighted by Crippen LogP contribution is -2.49. The second kappa shape index (κ2) is 8.60. The summed E-state index contributed by atoms with van der Waals surface area (Å²) in [4.78, 5) is 23.8. The van der Waals surface area contributed by atoms with E-state index in [2.05, 4.69) is 21.5 Å². The molecule has 0 heterocycles. The van der Waals surface area contributed by atoms with Crippen LogP contribution in [0.15, 0.2) is 42.5 Å². The van der Waals surface area contributed by atoms with Gasteiger partial charge in [0, 0.05) is 11.4 Å². The van der Waals surface area contributed by atoms with Crippen LogP contribution in [0.1, 0.15) is 12.5 Å². The van der Waals surface area contributed by atoms with Crippen LogP contribution in [-0.4, -0.2) is 18.0 Å². The third-order valence-electron chi connectivity index (χ3n) is 3.30. The van der Waals surface area contributed by atoms with Gasteiger partial charge >= 0.3 is 6.03 Å². The molecule has 4 N–H and O–H groups in total. The first-order chi connectivity index (χ1) is 11.8. The Morgan fingerprint density at radius 3 is 2.20 bits per heavy atom. The minimum atomic E-state index is -0.600. The van der Waals surface area contributed by atoms with E-state index >= 15 is 0 Å². The molecule has 0 aliphatic carbocycles. The highest BCUT2D eigenvalue weighted by molar-refractivity contribution is 6.42. The standard InChI is InChI=1S/C17H18Cl2N4O2/c1-10-3-5-12(6-4-10)21-17(25)23-22-16(24)11(2)20-13-7-8-14(18)15(19)9-13/h3-9,11,20H,1-2H3,(H,22,24)(H2,21,23,25)/t11-/m1/s1. The lowest BCUT2D eigenvalue weighted by atomic mass is 10.2. The van der Waals surface area contributed by atoms with Gasteiger partial charge in [0.25, 0.3) is 5.91 Å². The van der Waals surface area contributed by atoms with Crippen LogP contribution in [0.25, 0.3) is 0 Å². The number of carbonyl (C=O) groups excluding carboxylic acids is 2. The highest BCUT2D eigenvalue weighted by Crippen LogP contribution is 2.25. The van der Waals surface area contributed by atoms with Crippen molar-refractivity contribution in [3.05, 3.63) is 58.1 Å².